The van der Waals surface area contributed by atoms with Gasteiger partial charge >= 0.3 is 0 Å². The number of sulfonamides is 1. The third-order valence-electron chi connectivity index (χ3n) is 6.03. The largest absolute Gasteiger partial charge is 0.354 e. The number of nitrogens with one attached hydrogen (secondary N) is 1. The number of halogens is 2. The normalized spacial score (nSPS) is 12.6. The number of likely N-dealkylation sites (N-methyl/N-ethyl adjacent to an activating group) is 1. The SMILES string of the molecule is CC(C)CNC(=O)[C@@H](C)N(Cc1c(Cl)cccc1Cl)C(=O)CN(C)S(=O)(=O)c1ccc2ccccc2c1. The predicted octanol–water partition coefficient (Wildman–Crippen LogP) is 4.96. The van der Waals surface area contributed by atoms with Crippen LogP contribution in [-0.2, 0) is 26.2 Å². The molecular formula is C27H31Cl2N3O4S. The van der Waals surface area contributed by atoms with Crippen molar-refractivity contribution in [2.75, 3.05) is 20.1 Å². The molecule has 198 valence electrons. The summed E-state index contributed by atoms with van der Waals surface area (Å²) in [4.78, 5) is 27.8. The first-order valence-corrected chi connectivity index (χ1v) is 14.1. The monoisotopic (exact) mass is 563 g/mol. The van der Waals surface area contributed by atoms with Gasteiger partial charge in [0.2, 0.25) is 21.8 Å². The lowest BCUT2D eigenvalue weighted by atomic mass is 10.1. The summed E-state index contributed by atoms with van der Waals surface area (Å²) in [5.41, 5.74) is 0.475. The van der Waals surface area contributed by atoms with E-state index in [0.717, 1.165) is 15.1 Å². The van der Waals surface area contributed by atoms with E-state index in [1.54, 1.807) is 37.3 Å². The molecule has 3 aromatic rings. The Kier molecular flexibility index (Phi) is 9.58. The second kappa shape index (κ2) is 12.3. The highest BCUT2D eigenvalue weighted by Crippen LogP contribution is 2.27. The van der Waals surface area contributed by atoms with E-state index in [9.17, 15) is 18.0 Å². The van der Waals surface area contributed by atoms with Crippen LogP contribution in [0, 0.1) is 5.92 Å². The fourth-order valence-electron chi connectivity index (χ4n) is 3.76. The van der Waals surface area contributed by atoms with Gasteiger partial charge in [-0.05, 0) is 47.9 Å². The molecule has 1 atom stereocenters. The van der Waals surface area contributed by atoms with E-state index in [2.05, 4.69) is 5.32 Å². The Labute approximate surface area is 228 Å². The van der Waals surface area contributed by atoms with Crippen molar-refractivity contribution >= 4 is 55.8 Å². The maximum atomic E-state index is 13.5. The minimum Gasteiger partial charge on any atom is -0.354 e. The summed E-state index contributed by atoms with van der Waals surface area (Å²) in [7, 11) is -2.64. The summed E-state index contributed by atoms with van der Waals surface area (Å²) >= 11 is 12.7. The van der Waals surface area contributed by atoms with E-state index < -0.39 is 28.5 Å². The number of amides is 2. The van der Waals surface area contributed by atoms with Crippen molar-refractivity contribution in [3.8, 4) is 0 Å². The molecule has 0 saturated carbocycles. The molecule has 0 aromatic heterocycles. The molecule has 0 bridgehead atoms. The molecule has 1 N–H and O–H groups in total. The van der Waals surface area contributed by atoms with E-state index in [-0.39, 0.29) is 23.3 Å². The number of nitrogens with zero attached hydrogens (tertiary/aromatic N) is 2. The van der Waals surface area contributed by atoms with Gasteiger partial charge < -0.3 is 10.2 Å². The Hall–Kier alpha value is -2.65. The molecule has 0 fully saturated rings. The standard InChI is InChI=1S/C27H31Cl2N3O4S/c1-18(2)15-30-27(34)19(3)32(16-23-24(28)10-7-11-25(23)29)26(33)17-31(4)37(35,36)22-13-12-20-8-5-6-9-21(20)14-22/h5-14,18-19H,15-17H2,1-4H3,(H,30,34)/t19-/m1/s1. The first-order chi connectivity index (χ1) is 17.4. The van der Waals surface area contributed by atoms with E-state index in [1.807, 2.05) is 38.1 Å². The number of carbonyl (C=O) groups excluding carboxylic acids is 2. The van der Waals surface area contributed by atoms with Crippen molar-refractivity contribution < 1.29 is 18.0 Å². The van der Waals surface area contributed by atoms with Crippen molar-refractivity contribution in [3.63, 3.8) is 0 Å². The van der Waals surface area contributed by atoms with Crippen LogP contribution in [0.2, 0.25) is 10.0 Å². The van der Waals surface area contributed by atoms with E-state index in [4.69, 9.17) is 23.2 Å². The highest BCUT2D eigenvalue weighted by molar-refractivity contribution is 7.89. The van der Waals surface area contributed by atoms with Gasteiger partial charge in [-0.1, -0.05) is 73.4 Å². The van der Waals surface area contributed by atoms with Gasteiger partial charge in [0.15, 0.2) is 0 Å². The third kappa shape index (κ3) is 7.02. The minimum absolute atomic E-state index is 0.0581. The Morgan fingerprint density at radius 2 is 1.54 bits per heavy atom. The summed E-state index contributed by atoms with van der Waals surface area (Å²) < 4.78 is 27.6. The van der Waals surface area contributed by atoms with Crippen LogP contribution in [0.4, 0.5) is 0 Å². The Morgan fingerprint density at radius 1 is 0.919 bits per heavy atom. The van der Waals surface area contributed by atoms with Gasteiger partial charge in [-0.15, -0.1) is 0 Å². The molecular weight excluding hydrogens is 533 g/mol. The summed E-state index contributed by atoms with van der Waals surface area (Å²) in [6.45, 7) is 5.43. The topological polar surface area (TPSA) is 86.8 Å². The van der Waals surface area contributed by atoms with Gasteiger partial charge in [-0.2, -0.15) is 4.31 Å². The Bertz CT molecular complexity index is 1380. The molecule has 2 amide bonds. The molecule has 0 unspecified atom stereocenters. The average Bonchev–Trinajstić information content (AvgIpc) is 2.86. The first-order valence-electron chi connectivity index (χ1n) is 11.9. The number of hydrogen-bond acceptors (Lipinski definition) is 4. The van der Waals surface area contributed by atoms with Gasteiger partial charge in [0.25, 0.3) is 0 Å². The number of rotatable bonds is 10. The summed E-state index contributed by atoms with van der Waals surface area (Å²) in [5.74, 6) is -0.697. The molecule has 0 saturated heterocycles. The molecule has 7 nitrogen and oxygen atoms in total. The zero-order chi connectivity index (χ0) is 27.3. The van der Waals surface area contributed by atoms with Crippen LogP contribution in [0.25, 0.3) is 10.8 Å². The summed E-state index contributed by atoms with van der Waals surface area (Å²) in [6, 6.07) is 16.3. The van der Waals surface area contributed by atoms with Crippen molar-refractivity contribution in [1.82, 2.24) is 14.5 Å². The molecule has 10 heteroatoms. The Balaban J connectivity index is 1.88. The van der Waals surface area contributed by atoms with Gasteiger partial charge in [-0.25, -0.2) is 8.42 Å². The molecule has 0 radical (unpaired) electrons. The van der Waals surface area contributed by atoms with Crippen LogP contribution < -0.4 is 5.32 Å². The number of benzene rings is 3. The molecule has 3 rings (SSSR count). The minimum atomic E-state index is -3.98. The molecule has 0 heterocycles. The zero-order valence-corrected chi connectivity index (χ0v) is 23.6. The van der Waals surface area contributed by atoms with Crippen molar-refractivity contribution in [1.29, 1.82) is 0 Å². The van der Waals surface area contributed by atoms with Crippen LogP contribution >= 0.6 is 23.2 Å². The van der Waals surface area contributed by atoms with Gasteiger partial charge in [0.05, 0.1) is 11.4 Å². The summed E-state index contributed by atoms with van der Waals surface area (Å²) in [6.07, 6.45) is 0. The van der Waals surface area contributed by atoms with Crippen LogP contribution in [0.15, 0.2) is 65.6 Å². The van der Waals surface area contributed by atoms with Crippen LogP contribution in [-0.4, -0.2) is 55.6 Å². The lowest BCUT2D eigenvalue weighted by Gasteiger charge is -2.31. The fourth-order valence-corrected chi connectivity index (χ4v) is 5.44. The maximum Gasteiger partial charge on any atom is 0.243 e. The third-order valence-corrected chi connectivity index (χ3v) is 8.54. The van der Waals surface area contributed by atoms with Crippen molar-refractivity contribution in [2.24, 2.45) is 5.92 Å². The smallest absolute Gasteiger partial charge is 0.243 e. The molecule has 0 spiro atoms. The van der Waals surface area contributed by atoms with Gasteiger partial charge in [0, 0.05) is 35.7 Å². The average molecular weight is 565 g/mol. The summed E-state index contributed by atoms with van der Waals surface area (Å²) in [5, 5.41) is 5.20. The second-order valence-corrected chi connectivity index (χ2v) is 12.2. The van der Waals surface area contributed by atoms with Crippen molar-refractivity contribution in [2.45, 2.75) is 38.3 Å². The fraction of sp³-hybridized carbons (Fsp3) is 0.333. The van der Waals surface area contributed by atoms with Crippen LogP contribution in [0.3, 0.4) is 0 Å². The predicted molar refractivity (Wildman–Crippen MR) is 148 cm³/mol. The highest BCUT2D eigenvalue weighted by atomic mass is 35.5. The molecule has 37 heavy (non-hydrogen) atoms. The highest BCUT2D eigenvalue weighted by Gasteiger charge is 2.31. The lowest BCUT2D eigenvalue weighted by Crippen LogP contribution is -2.51. The van der Waals surface area contributed by atoms with Gasteiger partial charge in [0.1, 0.15) is 6.04 Å². The zero-order valence-electron chi connectivity index (χ0n) is 21.2. The number of fused-ring (bicyclic) bond motifs is 1. The first kappa shape index (κ1) is 28.9. The van der Waals surface area contributed by atoms with E-state index >= 15 is 0 Å². The quantitative estimate of drug-likeness (QED) is 0.377. The second-order valence-electron chi connectivity index (χ2n) is 9.31. The lowest BCUT2D eigenvalue weighted by molar-refractivity contribution is -0.140. The van der Waals surface area contributed by atoms with E-state index in [1.165, 1.54) is 18.0 Å². The van der Waals surface area contributed by atoms with Gasteiger partial charge in [-0.3, -0.25) is 9.59 Å². The molecule has 0 aliphatic rings. The Morgan fingerprint density at radius 3 is 2.16 bits per heavy atom. The number of carbonyl (C=O) groups is 2. The molecule has 0 aliphatic carbocycles. The number of hydrogen-bond donors (Lipinski definition) is 1. The molecule has 3 aromatic carbocycles. The van der Waals surface area contributed by atoms with Crippen LogP contribution in [0.5, 0.6) is 0 Å². The van der Waals surface area contributed by atoms with Crippen LogP contribution in [0.1, 0.15) is 26.3 Å². The molecule has 0 aliphatic heterocycles. The van der Waals surface area contributed by atoms with Crippen molar-refractivity contribution in [3.05, 3.63) is 76.3 Å². The van der Waals surface area contributed by atoms with E-state index in [0.29, 0.717) is 22.2 Å². The maximum absolute atomic E-state index is 13.5.